The summed E-state index contributed by atoms with van der Waals surface area (Å²) in [7, 11) is 1.62. The Labute approximate surface area is 125 Å². The molecule has 0 spiro atoms. The van der Waals surface area contributed by atoms with E-state index in [1.807, 2.05) is 56.3 Å². The highest BCUT2D eigenvalue weighted by molar-refractivity contribution is 6.05. The molecule has 2 aromatic carbocycles. The van der Waals surface area contributed by atoms with Crippen molar-refractivity contribution in [3.05, 3.63) is 71.4 Å². The minimum atomic E-state index is -0.0152. The SMILES string of the molecule is COc1ccccc1N/C=C/C(=O)c1cc(C)ccc1C. The largest absolute Gasteiger partial charge is 0.495 e. The fraction of sp³-hybridized carbons (Fsp3) is 0.167. The quantitative estimate of drug-likeness (QED) is 0.662. The van der Waals surface area contributed by atoms with Crippen LogP contribution in [0.25, 0.3) is 0 Å². The normalized spacial score (nSPS) is 10.6. The van der Waals surface area contributed by atoms with Gasteiger partial charge < -0.3 is 10.1 Å². The maximum Gasteiger partial charge on any atom is 0.187 e. The molecule has 0 saturated carbocycles. The minimum absolute atomic E-state index is 0.0152. The highest BCUT2D eigenvalue weighted by atomic mass is 16.5. The number of methoxy groups -OCH3 is 1. The standard InChI is InChI=1S/C18H19NO2/c1-13-8-9-14(2)15(12-13)17(20)10-11-19-16-6-4-5-7-18(16)21-3/h4-12,19H,1-3H3/b11-10+. The fourth-order valence-electron chi connectivity index (χ4n) is 2.06. The number of rotatable bonds is 5. The van der Waals surface area contributed by atoms with E-state index in [1.165, 1.54) is 6.08 Å². The van der Waals surface area contributed by atoms with Crippen molar-refractivity contribution in [2.75, 3.05) is 12.4 Å². The first-order valence-corrected chi connectivity index (χ1v) is 6.79. The Morgan fingerprint density at radius 3 is 2.67 bits per heavy atom. The third-order valence-electron chi connectivity index (χ3n) is 3.24. The Morgan fingerprint density at radius 2 is 1.90 bits per heavy atom. The molecule has 0 aliphatic heterocycles. The highest BCUT2D eigenvalue weighted by Gasteiger charge is 2.06. The number of anilines is 1. The Kier molecular flexibility index (Phi) is 4.77. The maximum atomic E-state index is 12.2. The molecule has 2 rings (SSSR count). The summed E-state index contributed by atoms with van der Waals surface area (Å²) in [6.07, 6.45) is 3.18. The average Bonchev–Trinajstić information content (AvgIpc) is 2.50. The molecule has 0 atom stereocenters. The van der Waals surface area contributed by atoms with E-state index in [9.17, 15) is 4.79 Å². The number of hydrogen-bond acceptors (Lipinski definition) is 3. The van der Waals surface area contributed by atoms with Gasteiger partial charge in [-0.15, -0.1) is 0 Å². The molecule has 0 aromatic heterocycles. The van der Waals surface area contributed by atoms with Crippen LogP contribution < -0.4 is 10.1 Å². The number of benzene rings is 2. The van der Waals surface area contributed by atoms with Crippen molar-refractivity contribution in [2.24, 2.45) is 0 Å². The molecular formula is C18H19NO2. The first-order chi connectivity index (χ1) is 10.1. The average molecular weight is 281 g/mol. The van der Waals surface area contributed by atoms with Crippen LogP contribution in [0.2, 0.25) is 0 Å². The predicted octanol–water partition coefficient (Wildman–Crippen LogP) is 4.12. The van der Waals surface area contributed by atoms with E-state index in [2.05, 4.69) is 5.32 Å². The van der Waals surface area contributed by atoms with Gasteiger partial charge in [-0.05, 0) is 37.6 Å². The second-order valence-electron chi connectivity index (χ2n) is 4.86. The Morgan fingerprint density at radius 1 is 1.14 bits per heavy atom. The number of allylic oxidation sites excluding steroid dienone is 1. The van der Waals surface area contributed by atoms with Crippen LogP contribution in [-0.2, 0) is 0 Å². The lowest BCUT2D eigenvalue weighted by Gasteiger charge is -2.07. The zero-order chi connectivity index (χ0) is 15.2. The van der Waals surface area contributed by atoms with Crippen LogP contribution in [0.5, 0.6) is 5.75 Å². The van der Waals surface area contributed by atoms with Crippen molar-refractivity contribution < 1.29 is 9.53 Å². The van der Waals surface area contributed by atoms with Gasteiger partial charge in [0, 0.05) is 17.8 Å². The predicted molar refractivity (Wildman–Crippen MR) is 86.0 cm³/mol. The summed E-state index contributed by atoms with van der Waals surface area (Å²) < 4.78 is 5.24. The molecule has 0 bridgehead atoms. The molecule has 1 N–H and O–H groups in total. The minimum Gasteiger partial charge on any atom is -0.495 e. The van der Waals surface area contributed by atoms with Crippen LogP contribution in [-0.4, -0.2) is 12.9 Å². The molecule has 3 heteroatoms. The Balaban J connectivity index is 2.11. The lowest BCUT2D eigenvalue weighted by atomic mass is 10.0. The molecule has 0 aliphatic rings. The summed E-state index contributed by atoms with van der Waals surface area (Å²) in [5.74, 6) is 0.722. The van der Waals surface area contributed by atoms with E-state index in [4.69, 9.17) is 4.74 Å². The van der Waals surface area contributed by atoms with Gasteiger partial charge in [-0.2, -0.15) is 0 Å². The molecule has 0 saturated heterocycles. The van der Waals surface area contributed by atoms with Crippen LogP contribution in [0.15, 0.2) is 54.7 Å². The number of ketones is 1. The third-order valence-corrected chi connectivity index (χ3v) is 3.24. The van der Waals surface area contributed by atoms with Crippen LogP contribution in [0.3, 0.4) is 0 Å². The van der Waals surface area contributed by atoms with E-state index in [0.717, 1.165) is 28.1 Å². The summed E-state index contributed by atoms with van der Waals surface area (Å²) in [5, 5.41) is 3.07. The fourth-order valence-corrected chi connectivity index (χ4v) is 2.06. The van der Waals surface area contributed by atoms with E-state index < -0.39 is 0 Å². The van der Waals surface area contributed by atoms with Crippen molar-refractivity contribution in [3.8, 4) is 5.75 Å². The van der Waals surface area contributed by atoms with Gasteiger partial charge in [-0.25, -0.2) is 0 Å². The lowest BCUT2D eigenvalue weighted by Crippen LogP contribution is -2.00. The van der Waals surface area contributed by atoms with Gasteiger partial charge in [-0.1, -0.05) is 29.8 Å². The second kappa shape index (κ2) is 6.75. The highest BCUT2D eigenvalue weighted by Crippen LogP contribution is 2.22. The Hall–Kier alpha value is -2.55. The molecule has 108 valence electrons. The number of carbonyl (C=O) groups is 1. The second-order valence-corrected chi connectivity index (χ2v) is 4.86. The van der Waals surface area contributed by atoms with Crippen molar-refractivity contribution in [3.63, 3.8) is 0 Å². The number of nitrogens with one attached hydrogen (secondary N) is 1. The Bertz CT molecular complexity index is 675. The monoisotopic (exact) mass is 281 g/mol. The van der Waals surface area contributed by atoms with Gasteiger partial charge >= 0.3 is 0 Å². The molecule has 2 aromatic rings. The van der Waals surface area contributed by atoms with Crippen molar-refractivity contribution >= 4 is 11.5 Å². The van der Waals surface area contributed by atoms with Crippen LogP contribution in [0.1, 0.15) is 21.5 Å². The van der Waals surface area contributed by atoms with Crippen LogP contribution >= 0.6 is 0 Å². The summed E-state index contributed by atoms with van der Waals surface area (Å²) >= 11 is 0. The van der Waals surface area contributed by atoms with Gasteiger partial charge in [0.05, 0.1) is 12.8 Å². The molecule has 21 heavy (non-hydrogen) atoms. The number of carbonyl (C=O) groups excluding carboxylic acids is 1. The first-order valence-electron chi connectivity index (χ1n) is 6.79. The zero-order valence-corrected chi connectivity index (χ0v) is 12.5. The molecule has 3 nitrogen and oxygen atoms in total. The molecule has 0 radical (unpaired) electrons. The van der Waals surface area contributed by atoms with Gasteiger partial charge in [0.25, 0.3) is 0 Å². The van der Waals surface area contributed by atoms with Crippen LogP contribution in [0, 0.1) is 13.8 Å². The molecular weight excluding hydrogens is 262 g/mol. The van der Waals surface area contributed by atoms with E-state index in [-0.39, 0.29) is 5.78 Å². The lowest BCUT2D eigenvalue weighted by molar-refractivity contribution is 0.104. The van der Waals surface area contributed by atoms with Crippen LogP contribution in [0.4, 0.5) is 5.69 Å². The van der Waals surface area contributed by atoms with Crippen molar-refractivity contribution in [2.45, 2.75) is 13.8 Å². The molecule has 0 aliphatic carbocycles. The van der Waals surface area contributed by atoms with Gasteiger partial charge in [0.15, 0.2) is 5.78 Å². The molecule has 0 fully saturated rings. The van der Waals surface area contributed by atoms with E-state index >= 15 is 0 Å². The maximum absolute atomic E-state index is 12.2. The molecule has 0 unspecified atom stereocenters. The van der Waals surface area contributed by atoms with Gasteiger partial charge in [0.2, 0.25) is 0 Å². The summed E-state index contributed by atoms with van der Waals surface area (Å²) in [6, 6.07) is 13.4. The van der Waals surface area contributed by atoms with Crippen molar-refractivity contribution in [1.29, 1.82) is 0 Å². The third kappa shape index (κ3) is 3.72. The van der Waals surface area contributed by atoms with Gasteiger partial charge in [0.1, 0.15) is 5.75 Å². The molecule has 0 amide bonds. The van der Waals surface area contributed by atoms with Crippen molar-refractivity contribution in [1.82, 2.24) is 0 Å². The smallest absolute Gasteiger partial charge is 0.187 e. The number of ether oxygens (including phenoxy) is 1. The number of hydrogen-bond donors (Lipinski definition) is 1. The topological polar surface area (TPSA) is 38.3 Å². The summed E-state index contributed by atoms with van der Waals surface area (Å²) in [6.45, 7) is 3.92. The zero-order valence-electron chi connectivity index (χ0n) is 12.5. The van der Waals surface area contributed by atoms with Gasteiger partial charge in [-0.3, -0.25) is 4.79 Å². The number of aryl methyl sites for hydroxylation is 2. The summed E-state index contributed by atoms with van der Waals surface area (Å²) in [4.78, 5) is 12.2. The van der Waals surface area contributed by atoms with E-state index in [0.29, 0.717) is 0 Å². The molecule has 0 heterocycles. The summed E-state index contributed by atoms with van der Waals surface area (Å²) in [5.41, 5.74) is 3.61. The first kappa shape index (κ1) is 14.9. The van der Waals surface area contributed by atoms with E-state index in [1.54, 1.807) is 13.3 Å². The number of para-hydroxylation sites is 2.